The smallest absolute Gasteiger partial charge is 0.262 e. The molecule has 3 aromatic carbocycles. The molecule has 0 atom stereocenters. The molecule has 2 amide bonds. The fourth-order valence-corrected chi connectivity index (χ4v) is 6.23. The molecular formula is C38H46ClN7O3. The summed E-state index contributed by atoms with van der Waals surface area (Å²) in [5.41, 5.74) is 5.45. The van der Waals surface area contributed by atoms with Crippen molar-refractivity contribution < 1.29 is 14.3 Å². The van der Waals surface area contributed by atoms with Gasteiger partial charge in [0.2, 0.25) is 17.7 Å². The van der Waals surface area contributed by atoms with E-state index in [1.54, 1.807) is 23.1 Å². The first kappa shape index (κ1) is 35.6. The van der Waals surface area contributed by atoms with Crippen molar-refractivity contribution in [3.8, 4) is 11.6 Å². The van der Waals surface area contributed by atoms with E-state index in [-0.39, 0.29) is 29.7 Å². The van der Waals surface area contributed by atoms with Crippen LogP contribution in [0.25, 0.3) is 0 Å². The van der Waals surface area contributed by atoms with Crippen LogP contribution in [0, 0.1) is 13.8 Å². The second kappa shape index (κ2) is 16.6. The topological polar surface area (TPSA) is 103 Å². The molecule has 0 bridgehead atoms. The molecule has 4 aromatic rings. The molecule has 10 nitrogen and oxygen atoms in total. The summed E-state index contributed by atoms with van der Waals surface area (Å²) in [6.07, 6.45) is 2.84. The highest BCUT2D eigenvalue weighted by Gasteiger charge is 2.21. The summed E-state index contributed by atoms with van der Waals surface area (Å²) in [7, 11) is 0. The summed E-state index contributed by atoms with van der Waals surface area (Å²) in [6.45, 7) is 16.6. The SMILES string of the molecule is CCCN1CCN(c2ccc(Nc3ncc(C(=O)Nc4c(C)cccc4C)c(Oc4ccc(CC(=O)N(CC)CC)cc4Cl)n3)cc2)CC1. The maximum atomic E-state index is 13.7. The number of carbonyl (C=O) groups excluding carboxylic acids is 2. The molecule has 0 saturated carbocycles. The molecule has 0 unspecified atom stereocenters. The molecule has 0 radical (unpaired) electrons. The first-order valence-corrected chi connectivity index (χ1v) is 17.4. The van der Waals surface area contributed by atoms with Gasteiger partial charge in [0.25, 0.3) is 5.91 Å². The number of aryl methyl sites for hydroxylation is 2. The number of likely N-dealkylation sites (N-methyl/N-ethyl adjacent to an activating group) is 1. The highest BCUT2D eigenvalue weighted by Crippen LogP contribution is 2.33. The molecule has 1 aliphatic rings. The van der Waals surface area contributed by atoms with Crippen LogP contribution in [-0.4, -0.2) is 77.4 Å². The summed E-state index contributed by atoms with van der Waals surface area (Å²) < 4.78 is 6.22. The van der Waals surface area contributed by atoms with Gasteiger partial charge in [-0.2, -0.15) is 4.98 Å². The monoisotopic (exact) mass is 683 g/mol. The summed E-state index contributed by atoms with van der Waals surface area (Å²) in [5.74, 6) is 0.206. The van der Waals surface area contributed by atoms with E-state index < -0.39 is 5.91 Å². The Kier molecular flexibility index (Phi) is 12.1. The van der Waals surface area contributed by atoms with Crippen LogP contribution in [0.15, 0.2) is 66.9 Å². The first-order chi connectivity index (χ1) is 23.7. The molecule has 1 saturated heterocycles. The van der Waals surface area contributed by atoms with Gasteiger partial charge >= 0.3 is 0 Å². The average molecular weight is 684 g/mol. The Hall–Kier alpha value is -4.67. The maximum Gasteiger partial charge on any atom is 0.262 e. The van der Waals surface area contributed by atoms with Crippen LogP contribution in [0.3, 0.4) is 0 Å². The predicted octanol–water partition coefficient (Wildman–Crippen LogP) is 7.48. The number of para-hydroxylation sites is 1. The standard InChI is InChI=1S/C38H46ClN7O3/c1-6-18-44-19-21-46(22-20-44)30-15-13-29(14-16-30)41-38-40-25-31(36(48)42-35-26(4)10-9-11-27(35)5)37(43-38)49-33-17-12-28(23-32(33)39)24-34(47)45(7-2)8-3/h9-17,23,25H,6-8,18-22,24H2,1-5H3,(H,42,48)(H,40,41,43). The highest BCUT2D eigenvalue weighted by atomic mass is 35.5. The minimum absolute atomic E-state index is 0.0225. The number of benzene rings is 3. The second-order valence-electron chi connectivity index (χ2n) is 12.2. The van der Waals surface area contributed by atoms with Crippen molar-refractivity contribution in [1.82, 2.24) is 19.8 Å². The second-order valence-corrected chi connectivity index (χ2v) is 12.7. The van der Waals surface area contributed by atoms with Gasteiger partial charge < -0.3 is 25.2 Å². The van der Waals surface area contributed by atoms with E-state index in [1.165, 1.54) is 18.3 Å². The lowest BCUT2D eigenvalue weighted by Crippen LogP contribution is -2.46. The van der Waals surface area contributed by atoms with Crippen LogP contribution in [0.2, 0.25) is 5.02 Å². The molecule has 1 aliphatic heterocycles. The molecule has 2 heterocycles. The van der Waals surface area contributed by atoms with Crippen LogP contribution in [0.5, 0.6) is 11.6 Å². The fourth-order valence-electron chi connectivity index (χ4n) is 5.99. The number of anilines is 4. The van der Waals surface area contributed by atoms with Crippen LogP contribution < -0.4 is 20.3 Å². The lowest BCUT2D eigenvalue weighted by molar-refractivity contribution is -0.130. The molecule has 2 N–H and O–H groups in total. The number of amides is 2. The Morgan fingerprint density at radius 1 is 0.939 bits per heavy atom. The van der Waals surface area contributed by atoms with Crippen LogP contribution in [0.4, 0.5) is 23.0 Å². The van der Waals surface area contributed by atoms with Crippen molar-refractivity contribution in [1.29, 1.82) is 0 Å². The van der Waals surface area contributed by atoms with Gasteiger partial charge in [-0.15, -0.1) is 0 Å². The Morgan fingerprint density at radius 3 is 2.27 bits per heavy atom. The number of aromatic nitrogens is 2. The Labute approximate surface area is 294 Å². The number of hydrogen-bond donors (Lipinski definition) is 2. The number of rotatable bonds is 13. The number of hydrogen-bond acceptors (Lipinski definition) is 8. The van der Waals surface area contributed by atoms with Gasteiger partial charge in [0.05, 0.1) is 11.4 Å². The number of halogens is 1. The van der Waals surface area contributed by atoms with E-state index >= 15 is 0 Å². The van der Waals surface area contributed by atoms with Crippen molar-refractivity contribution in [2.45, 2.75) is 47.5 Å². The van der Waals surface area contributed by atoms with Gasteiger partial charge in [-0.1, -0.05) is 42.8 Å². The third-order valence-corrected chi connectivity index (χ3v) is 9.09. The van der Waals surface area contributed by atoms with E-state index in [2.05, 4.69) is 49.5 Å². The van der Waals surface area contributed by atoms with E-state index in [9.17, 15) is 9.59 Å². The van der Waals surface area contributed by atoms with E-state index in [1.807, 2.05) is 58.0 Å². The van der Waals surface area contributed by atoms with Gasteiger partial charge in [0, 0.05) is 62.5 Å². The van der Waals surface area contributed by atoms with Crippen molar-refractivity contribution in [3.05, 3.63) is 94.1 Å². The van der Waals surface area contributed by atoms with Crippen molar-refractivity contribution in [2.24, 2.45) is 0 Å². The van der Waals surface area contributed by atoms with Gasteiger partial charge in [-0.25, -0.2) is 4.98 Å². The number of piperazine rings is 1. The molecule has 258 valence electrons. The van der Waals surface area contributed by atoms with Crippen LogP contribution >= 0.6 is 11.6 Å². The van der Waals surface area contributed by atoms with Gasteiger partial charge in [0.1, 0.15) is 11.3 Å². The lowest BCUT2D eigenvalue weighted by Gasteiger charge is -2.36. The van der Waals surface area contributed by atoms with Gasteiger partial charge in [0.15, 0.2) is 0 Å². The molecule has 1 aromatic heterocycles. The zero-order chi connectivity index (χ0) is 34.9. The molecule has 0 aliphatic carbocycles. The molecular weight excluding hydrogens is 638 g/mol. The Morgan fingerprint density at radius 2 is 1.63 bits per heavy atom. The van der Waals surface area contributed by atoms with Crippen LogP contribution in [0.1, 0.15) is 54.2 Å². The minimum Gasteiger partial charge on any atom is -0.436 e. The highest BCUT2D eigenvalue weighted by molar-refractivity contribution is 6.32. The Bertz CT molecular complexity index is 1730. The number of nitrogens with one attached hydrogen (secondary N) is 2. The third kappa shape index (κ3) is 9.07. The summed E-state index contributed by atoms with van der Waals surface area (Å²) in [4.78, 5) is 42.1. The predicted molar refractivity (Wildman–Crippen MR) is 198 cm³/mol. The van der Waals surface area contributed by atoms with Gasteiger partial charge in [-0.3, -0.25) is 14.5 Å². The van der Waals surface area contributed by atoms with Gasteiger partial charge in [-0.05, 0) is 93.7 Å². The summed E-state index contributed by atoms with van der Waals surface area (Å²) in [5, 5.41) is 6.55. The number of ether oxygens (including phenoxy) is 1. The summed E-state index contributed by atoms with van der Waals surface area (Å²) >= 11 is 6.67. The molecule has 11 heteroatoms. The minimum atomic E-state index is -0.417. The number of carbonyl (C=O) groups is 2. The maximum absolute atomic E-state index is 13.7. The van der Waals surface area contributed by atoms with Crippen molar-refractivity contribution >= 4 is 46.4 Å². The molecule has 1 fully saturated rings. The third-order valence-electron chi connectivity index (χ3n) is 8.79. The molecule has 5 rings (SSSR count). The van der Waals surface area contributed by atoms with E-state index in [0.29, 0.717) is 29.5 Å². The summed E-state index contributed by atoms with van der Waals surface area (Å²) in [6, 6.07) is 19.2. The largest absolute Gasteiger partial charge is 0.436 e. The lowest BCUT2D eigenvalue weighted by atomic mass is 10.1. The Balaban J connectivity index is 1.37. The van der Waals surface area contributed by atoms with Crippen molar-refractivity contribution in [2.75, 3.05) is 61.3 Å². The molecule has 49 heavy (non-hydrogen) atoms. The first-order valence-electron chi connectivity index (χ1n) is 17.0. The zero-order valence-corrected chi connectivity index (χ0v) is 29.8. The number of nitrogens with zero attached hydrogens (tertiary/aromatic N) is 5. The normalized spacial score (nSPS) is 13.2. The van der Waals surface area contributed by atoms with E-state index in [0.717, 1.165) is 55.1 Å². The van der Waals surface area contributed by atoms with Crippen LogP contribution in [-0.2, 0) is 11.2 Å². The fraction of sp³-hybridized carbons (Fsp3) is 0.368. The molecule has 0 spiro atoms. The average Bonchev–Trinajstić information content (AvgIpc) is 3.09. The quantitative estimate of drug-likeness (QED) is 0.150. The van der Waals surface area contributed by atoms with E-state index in [4.69, 9.17) is 16.3 Å². The van der Waals surface area contributed by atoms with Crippen molar-refractivity contribution in [3.63, 3.8) is 0 Å². The zero-order valence-electron chi connectivity index (χ0n) is 29.1.